The van der Waals surface area contributed by atoms with E-state index in [0.29, 0.717) is 18.1 Å². The van der Waals surface area contributed by atoms with Crippen molar-refractivity contribution in [2.45, 2.75) is 27.4 Å². The van der Waals surface area contributed by atoms with E-state index in [9.17, 15) is 4.79 Å². The number of ether oxygens (including phenoxy) is 1. The van der Waals surface area contributed by atoms with E-state index in [1.165, 1.54) is 11.8 Å². The molecule has 3 aromatic rings. The van der Waals surface area contributed by atoms with E-state index < -0.39 is 0 Å². The van der Waals surface area contributed by atoms with Crippen LogP contribution in [-0.2, 0) is 11.4 Å². The van der Waals surface area contributed by atoms with Gasteiger partial charge in [-0.1, -0.05) is 42.5 Å². The molecular weight excluding hydrogens is 670 g/mol. The van der Waals surface area contributed by atoms with E-state index in [-0.39, 0.29) is 5.91 Å². The van der Waals surface area contributed by atoms with Gasteiger partial charge in [-0.15, -0.1) is 0 Å². The zero-order valence-corrected chi connectivity index (χ0v) is 24.3. The Kier molecular flexibility index (Phi) is 8.36. The second-order valence-electron chi connectivity index (χ2n) is 7.93. The number of halogens is 2. The number of hydrogen-bond donors (Lipinski definition) is 0. The van der Waals surface area contributed by atoms with Gasteiger partial charge in [0.1, 0.15) is 12.4 Å². The van der Waals surface area contributed by atoms with Crippen LogP contribution in [0.15, 0.2) is 70.6 Å². The molecule has 1 aliphatic rings. The molecule has 1 saturated heterocycles. The number of likely N-dealkylation sites (N-methyl/N-ethyl adjacent to an activating group) is 1. The van der Waals surface area contributed by atoms with Gasteiger partial charge in [0.15, 0.2) is 5.17 Å². The molecule has 0 spiro atoms. The third-order valence-corrected chi connectivity index (χ3v) is 7.94. The smallest absolute Gasteiger partial charge is 0.266 e. The Hall–Kier alpha value is -1.85. The minimum Gasteiger partial charge on any atom is -0.487 e. The van der Waals surface area contributed by atoms with Gasteiger partial charge in [0.05, 0.1) is 17.7 Å². The second kappa shape index (κ2) is 11.3. The molecule has 1 heterocycles. The van der Waals surface area contributed by atoms with Gasteiger partial charge >= 0.3 is 0 Å². The number of carbonyl (C=O) groups excluding carboxylic acids is 1. The van der Waals surface area contributed by atoms with Crippen molar-refractivity contribution in [3.05, 3.63) is 95.0 Å². The van der Waals surface area contributed by atoms with Crippen molar-refractivity contribution < 1.29 is 9.53 Å². The highest BCUT2D eigenvalue weighted by molar-refractivity contribution is 14.1. The van der Waals surface area contributed by atoms with Crippen molar-refractivity contribution in [2.24, 2.45) is 4.99 Å². The monoisotopic (exact) mass is 694 g/mol. The lowest BCUT2D eigenvalue weighted by molar-refractivity contribution is -0.122. The molecule has 0 atom stereocenters. The van der Waals surface area contributed by atoms with E-state index in [1.54, 1.807) is 4.90 Å². The first kappa shape index (κ1) is 25.2. The summed E-state index contributed by atoms with van der Waals surface area (Å²) < 4.78 is 8.13. The van der Waals surface area contributed by atoms with Gasteiger partial charge < -0.3 is 4.74 Å². The molecule has 0 radical (unpaired) electrons. The summed E-state index contributed by atoms with van der Waals surface area (Å²) in [5, 5.41) is 0.722. The van der Waals surface area contributed by atoms with Gasteiger partial charge in [-0.2, -0.15) is 0 Å². The van der Waals surface area contributed by atoms with E-state index >= 15 is 0 Å². The molecule has 0 aliphatic carbocycles. The topological polar surface area (TPSA) is 41.9 Å². The molecule has 34 heavy (non-hydrogen) atoms. The predicted octanol–water partition coefficient (Wildman–Crippen LogP) is 7.72. The maximum Gasteiger partial charge on any atom is 0.266 e. The number of thioether (sulfide) groups is 1. The van der Waals surface area contributed by atoms with Crippen molar-refractivity contribution in [1.29, 1.82) is 0 Å². The van der Waals surface area contributed by atoms with E-state index in [1.807, 2.05) is 38.1 Å². The molecule has 0 aromatic heterocycles. The fourth-order valence-corrected chi connectivity index (χ4v) is 6.68. The Morgan fingerprint density at radius 1 is 1.03 bits per heavy atom. The number of benzene rings is 3. The molecule has 0 N–H and O–H groups in total. The number of amidine groups is 1. The predicted molar refractivity (Wildman–Crippen MR) is 159 cm³/mol. The summed E-state index contributed by atoms with van der Waals surface area (Å²) >= 11 is 6.03. The number of aliphatic imine (C=N–C) groups is 1. The zero-order chi connectivity index (χ0) is 24.2. The lowest BCUT2D eigenvalue weighted by Gasteiger charge is -2.13. The van der Waals surface area contributed by atoms with Gasteiger partial charge in [-0.3, -0.25) is 9.69 Å². The highest BCUT2D eigenvalue weighted by Crippen LogP contribution is 2.36. The summed E-state index contributed by atoms with van der Waals surface area (Å²) in [4.78, 5) is 20.4. The van der Waals surface area contributed by atoms with E-state index in [4.69, 9.17) is 9.73 Å². The Bertz CT molecular complexity index is 1270. The Morgan fingerprint density at radius 2 is 1.74 bits per heavy atom. The molecule has 3 aromatic carbocycles. The first-order valence-corrected chi connectivity index (χ1v) is 13.9. The van der Waals surface area contributed by atoms with Crippen molar-refractivity contribution in [2.75, 3.05) is 6.54 Å². The van der Waals surface area contributed by atoms with Crippen LogP contribution in [-0.4, -0.2) is 22.5 Å². The van der Waals surface area contributed by atoms with Crippen LogP contribution in [0.2, 0.25) is 0 Å². The Labute approximate surface area is 232 Å². The van der Waals surface area contributed by atoms with Crippen molar-refractivity contribution in [3.63, 3.8) is 0 Å². The fourth-order valence-electron chi connectivity index (χ4n) is 3.49. The number of hydrogen-bond acceptors (Lipinski definition) is 4. The average Bonchev–Trinajstić information content (AvgIpc) is 3.10. The average molecular weight is 694 g/mol. The molecule has 7 heteroatoms. The summed E-state index contributed by atoms with van der Waals surface area (Å²) in [6, 6.07) is 20.4. The lowest BCUT2D eigenvalue weighted by Crippen LogP contribution is -2.28. The van der Waals surface area contributed by atoms with Crippen LogP contribution in [0.25, 0.3) is 6.08 Å². The number of carbonyl (C=O) groups is 1. The fraction of sp³-hybridized carbons (Fsp3) is 0.185. The Morgan fingerprint density at radius 3 is 2.41 bits per heavy atom. The van der Waals surface area contributed by atoms with Crippen LogP contribution in [0.3, 0.4) is 0 Å². The van der Waals surface area contributed by atoms with Gasteiger partial charge in [0.25, 0.3) is 5.91 Å². The van der Waals surface area contributed by atoms with Gasteiger partial charge in [0, 0.05) is 6.54 Å². The van der Waals surface area contributed by atoms with Crippen LogP contribution in [0.4, 0.5) is 5.69 Å². The minimum absolute atomic E-state index is 0.00836. The molecule has 4 rings (SSSR count). The first-order chi connectivity index (χ1) is 16.4. The molecule has 174 valence electrons. The quantitative estimate of drug-likeness (QED) is 0.196. The largest absolute Gasteiger partial charge is 0.487 e. The van der Waals surface area contributed by atoms with Crippen LogP contribution in [0.5, 0.6) is 5.75 Å². The van der Waals surface area contributed by atoms with Crippen LogP contribution in [0, 0.1) is 21.0 Å². The van der Waals surface area contributed by atoms with Crippen LogP contribution < -0.4 is 4.74 Å². The number of amides is 1. The summed E-state index contributed by atoms with van der Waals surface area (Å²) in [6.07, 6.45) is 1.95. The summed E-state index contributed by atoms with van der Waals surface area (Å²) in [5.74, 6) is 0.857. The zero-order valence-electron chi connectivity index (χ0n) is 19.1. The third kappa shape index (κ3) is 5.85. The summed E-state index contributed by atoms with van der Waals surface area (Å²) in [5.41, 5.74) is 5.25. The lowest BCUT2D eigenvalue weighted by atomic mass is 10.1. The molecule has 1 amide bonds. The number of aryl methyl sites for hydroxylation is 2. The second-order valence-corrected chi connectivity index (χ2v) is 11.3. The van der Waals surface area contributed by atoms with Gasteiger partial charge in [-0.25, -0.2) is 4.99 Å². The molecule has 1 fully saturated rings. The van der Waals surface area contributed by atoms with Crippen LogP contribution >= 0.6 is 56.9 Å². The van der Waals surface area contributed by atoms with Crippen molar-refractivity contribution in [1.82, 2.24) is 4.90 Å². The maximum absolute atomic E-state index is 13.1. The summed E-state index contributed by atoms with van der Waals surface area (Å²) in [6.45, 7) is 7.16. The first-order valence-electron chi connectivity index (χ1n) is 10.9. The third-order valence-electron chi connectivity index (χ3n) is 5.33. The van der Waals surface area contributed by atoms with Gasteiger partial charge in [0.2, 0.25) is 0 Å². The normalized spacial score (nSPS) is 16.0. The van der Waals surface area contributed by atoms with E-state index in [0.717, 1.165) is 46.0 Å². The SMILES string of the molecule is CCN1C(=O)/C(=C\c2cc(I)c(OCc3ccccc3)c(I)c2)SC1=Nc1cc(C)ccc1C. The molecule has 0 saturated carbocycles. The minimum atomic E-state index is -0.00836. The maximum atomic E-state index is 13.1. The number of nitrogens with zero attached hydrogens (tertiary/aromatic N) is 2. The summed E-state index contributed by atoms with van der Waals surface area (Å²) in [7, 11) is 0. The van der Waals surface area contributed by atoms with Crippen molar-refractivity contribution in [3.8, 4) is 5.75 Å². The van der Waals surface area contributed by atoms with Crippen molar-refractivity contribution >= 4 is 79.8 Å². The molecule has 0 bridgehead atoms. The number of rotatable bonds is 6. The molecular formula is C27H24I2N2O2S. The molecule has 4 nitrogen and oxygen atoms in total. The van der Waals surface area contributed by atoms with Crippen LogP contribution in [0.1, 0.15) is 29.2 Å². The highest BCUT2D eigenvalue weighted by atomic mass is 127. The molecule has 1 aliphatic heterocycles. The van der Waals surface area contributed by atoms with E-state index in [2.05, 4.69) is 94.6 Å². The highest BCUT2D eigenvalue weighted by Gasteiger charge is 2.32. The molecule has 0 unspecified atom stereocenters. The van der Waals surface area contributed by atoms with Gasteiger partial charge in [-0.05, 0) is 124 Å². The standard InChI is InChI=1S/C27H24I2N2O2S/c1-4-31-26(32)24(34-27(31)30-23-12-17(2)10-11-18(23)3)15-20-13-21(28)25(22(29)14-20)33-16-19-8-6-5-7-9-19/h5-15H,4,16H2,1-3H3/b24-15+,30-27?. The Balaban J connectivity index is 1.59.